The highest BCUT2D eigenvalue weighted by atomic mass is 16.6. The molecule has 148 valence electrons. The van der Waals surface area contributed by atoms with Gasteiger partial charge in [-0.15, -0.1) is 0 Å². The van der Waals surface area contributed by atoms with E-state index in [1.165, 1.54) is 21.3 Å². The third-order valence-electron chi connectivity index (χ3n) is 3.73. The van der Waals surface area contributed by atoms with Crippen molar-refractivity contribution < 1.29 is 29.0 Å². The molecule has 2 rings (SSSR count). The summed E-state index contributed by atoms with van der Waals surface area (Å²) < 4.78 is 15.2. The zero-order valence-electron chi connectivity index (χ0n) is 15.5. The third-order valence-corrected chi connectivity index (χ3v) is 3.73. The van der Waals surface area contributed by atoms with Gasteiger partial charge in [-0.25, -0.2) is 5.43 Å². The number of nitrogens with one attached hydrogen (secondary N) is 1. The van der Waals surface area contributed by atoms with Crippen molar-refractivity contribution in [2.45, 2.75) is 6.42 Å². The Balaban J connectivity index is 2.09. The van der Waals surface area contributed by atoms with E-state index in [0.717, 1.165) is 18.3 Å². The zero-order chi connectivity index (χ0) is 20.7. The van der Waals surface area contributed by atoms with Crippen LogP contribution in [0.25, 0.3) is 0 Å². The minimum Gasteiger partial charge on any atom is -0.504 e. The Hall–Kier alpha value is -3.82. The number of hydrazone groups is 1. The minimum absolute atomic E-state index is 0.0158. The van der Waals surface area contributed by atoms with Crippen molar-refractivity contribution in [1.82, 2.24) is 5.43 Å². The summed E-state index contributed by atoms with van der Waals surface area (Å²) >= 11 is 0. The number of phenolic OH excluding ortho intramolecular Hbond substituents is 1. The molecule has 10 nitrogen and oxygen atoms in total. The molecule has 2 aromatic carbocycles. The van der Waals surface area contributed by atoms with Crippen LogP contribution in [-0.4, -0.2) is 43.5 Å². The van der Waals surface area contributed by atoms with Crippen LogP contribution in [0.2, 0.25) is 0 Å². The van der Waals surface area contributed by atoms with Gasteiger partial charge in [-0.05, 0) is 17.7 Å². The number of non-ortho nitro benzene ring substituents is 1. The maximum Gasteiger partial charge on any atom is 0.274 e. The number of hydrogen-bond acceptors (Lipinski definition) is 8. The Morgan fingerprint density at radius 2 is 1.82 bits per heavy atom. The van der Waals surface area contributed by atoms with Crippen LogP contribution in [0.15, 0.2) is 35.4 Å². The van der Waals surface area contributed by atoms with Crippen LogP contribution in [0.5, 0.6) is 23.0 Å². The number of benzene rings is 2. The Bertz CT molecular complexity index is 912. The number of hydrogen-bond donors (Lipinski definition) is 2. The van der Waals surface area contributed by atoms with Crippen molar-refractivity contribution in [2.75, 3.05) is 21.3 Å². The topological polar surface area (TPSA) is 133 Å². The van der Waals surface area contributed by atoms with Crippen LogP contribution in [0.1, 0.15) is 11.1 Å². The van der Waals surface area contributed by atoms with Gasteiger partial charge >= 0.3 is 0 Å². The van der Waals surface area contributed by atoms with Gasteiger partial charge in [0.25, 0.3) is 5.69 Å². The van der Waals surface area contributed by atoms with Gasteiger partial charge in [0, 0.05) is 11.6 Å². The van der Waals surface area contributed by atoms with Crippen LogP contribution in [-0.2, 0) is 11.2 Å². The second kappa shape index (κ2) is 9.21. The fraction of sp³-hybridized carbons (Fsp3) is 0.222. The molecular formula is C18H19N3O7. The monoisotopic (exact) mass is 389 g/mol. The van der Waals surface area contributed by atoms with E-state index >= 15 is 0 Å². The fourth-order valence-corrected chi connectivity index (χ4v) is 2.36. The Morgan fingerprint density at radius 3 is 2.43 bits per heavy atom. The molecule has 0 atom stereocenters. The van der Waals surface area contributed by atoms with E-state index in [1.807, 2.05) is 0 Å². The maximum atomic E-state index is 12.0. The van der Waals surface area contributed by atoms with Gasteiger partial charge in [0.05, 0.1) is 45.0 Å². The molecule has 28 heavy (non-hydrogen) atoms. The molecule has 2 N–H and O–H groups in total. The third kappa shape index (κ3) is 4.87. The highest BCUT2D eigenvalue weighted by molar-refractivity contribution is 5.87. The van der Waals surface area contributed by atoms with Crippen LogP contribution in [0, 0.1) is 10.1 Å². The molecule has 0 fully saturated rings. The van der Waals surface area contributed by atoms with Crippen LogP contribution in [0.4, 0.5) is 5.69 Å². The van der Waals surface area contributed by atoms with E-state index in [-0.39, 0.29) is 29.2 Å². The highest BCUT2D eigenvalue weighted by Crippen LogP contribution is 2.33. The zero-order valence-corrected chi connectivity index (χ0v) is 15.5. The lowest BCUT2D eigenvalue weighted by Gasteiger charge is -2.09. The second-order valence-corrected chi connectivity index (χ2v) is 5.50. The molecule has 0 aromatic heterocycles. The number of nitro groups is 1. The molecule has 0 saturated heterocycles. The van der Waals surface area contributed by atoms with Gasteiger partial charge in [-0.3, -0.25) is 14.9 Å². The predicted molar refractivity (Wildman–Crippen MR) is 100 cm³/mol. The Kier molecular flexibility index (Phi) is 6.74. The molecule has 0 aliphatic heterocycles. The summed E-state index contributed by atoms with van der Waals surface area (Å²) in [5.74, 6) is 0.198. The van der Waals surface area contributed by atoms with Gasteiger partial charge in [0.15, 0.2) is 23.0 Å². The predicted octanol–water partition coefficient (Wildman–Crippen LogP) is 2.02. The number of amides is 1. The first kappa shape index (κ1) is 20.5. The smallest absolute Gasteiger partial charge is 0.274 e. The summed E-state index contributed by atoms with van der Waals surface area (Å²) in [5, 5.41) is 24.7. The lowest BCUT2D eigenvalue weighted by Crippen LogP contribution is -2.19. The highest BCUT2D eigenvalue weighted by Gasteiger charge is 2.16. The number of ether oxygens (including phenoxy) is 3. The van der Waals surface area contributed by atoms with Gasteiger partial charge in [0.2, 0.25) is 5.91 Å². The molecule has 2 aromatic rings. The minimum atomic E-state index is -0.630. The number of carbonyl (C=O) groups is 1. The summed E-state index contributed by atoms with van der Waals surface area (Å²) in [6, 6.07) is 7.25. The first-order valence-electron chi connectivity index (χ1n) is 7.97. The number of rotatable bonds is 8. The van der Waals surface area contributed by atoms with Gasteiger partial charge < -0.3 is 19.3 Å². The van der Waals surface area contributed by atoms with Gasteiger partial charge in [0.1, 0.15) is 0 Å². The lowest BCUT2D eigenvalue weighted by molar-refractivity contribution is -0.385. The average molecular weight is 389 g/mol. The molecule has 0 unspecified atom stereocenters. The van der Waals surface area contributed by atoms with E-state index in [0.29, 0.717) is 17.1 Å². The van der Waals surface area contributed by atoms with Crippen LogP contribution in [0.3, 0.4) is 0 Å². The molecular weight excluding hydrogens is 370 g/mol. The molecule has 0 radical (unpaired) electrons. The van der Waals surface area contributed by atoms with E-state index in [4.69, 9.17) is 14.2 Å². The normalized spacial score (nSPS) is 10.5. The van der Waals surface area contributed by atoms with E-state index < -0.39 is 10.8 Å². The molecule has 1 amide bonds. The van der Waals surface area contributed by atoms with Crippen LogP contribution < -0.4 is 19.6 Å². The summed E-state index contributed by atoms with van der Waals surface area (Å²) in [5.41, 5.74) is 2.71. The number of nitro benzene ring substituents is 1. The molecule has 0 heterocycles. The summed E-state index contributed by atoms with van der Waals surface area (Å²) in [6.45, 7) is 0. The molecule has 0 saturated carbocycles. The standard InChI is InChI=1S/C18H19N3O7/c1-26-14-5-4-11(6-15(14)27-2)7-17(22)20-19-10-12-8-13(21(24)25)9-16(28-3)18(12)23/h4-6,8-10,23H,7H2,1-3H3,(H,20,22)/b19-10-. The van der Waals surface area contributed by atoms with Crippen molar-refractivity contribution in [2.24, 2.45) is 5.10 Å². The molecule has 0 aliphatic rings. The SMILES string of the molecule is COc1ccc(CC(=O)N/N=C\c2cc([N+](=O)[O-])cc(OC)c2O)cc1OC. The van der Waals surface area contributed by atoms with Crippen LogP contribution >= 0.6 is 0 Å². The van der Waals surface area contributed by atoms with Gasteiger partial charge in [-0.1, -0.05) is 6.07 Å². The number of aromatic hydroxyl groups is 1. The van der Waals surface area contributed by atoms with E-state index in [9.17, 15) is 20.0 Å². The van der Waals surface area contributed by atoms with Gasteiger partial charge in [-0.2, -0.15) is 5.10 Å². The van der Waals surface area contributed by atoms with Crippen molar-refractivity contribution in [3.63, 3.8) is 0 Å². The largest absolute Gasteiger partial charge is 0.504 e. The number of methoxy groups -OCH3 is 3. The molecule has 0 spiro atoms. The number of phenols is 1. The number of nitrogens with zero attached hydrogens (tertiary/aromatic N) is 2. The van der Waals surface area contributed by atoms with E-state index in [2.05, 4.69) is 10.5 Å². The summed E-state index contributed by atoms with van der Waals surface area (Å²) in [7, 11) is 4.27. The van der Waals surface area contributed by atoms with Crippen molar-refractivity contribution in [3.05, 3.63) is 51.6 Å². The second-order valence-electron chi connectivity index (χ2n) is 5.50. The van der Waals surface area contributed by atoms with Crippen molar-refractivity contribution in [1.29, 1.82) is 0 Å². The first-order valence-corrected chi connectivity index (χ1v) is 7.97. The molecule has 10 heteroatoms. The maximum absolute atomic E-state index is 12.0. The number of carbonyl (C=O) groups excluding carboxylic acids is 1. The summed E-state index contributed by atoms with van der Waals surface area (Å²) in [6.07, 6.45) is 1.11. The molecule has 0 bridgehead atoms. The first-order chi connectivity index (χ1) is 13.4. The quantitative estimate of drug-likeness (QED) is 0.401. The van der Waals surface area contributed by atoms with Crippen molar-refractivity contribution in [3.8, 4) is 23.0 Å². The van der Waals surface area contributed by atoms with Crippen molar-refractivity contribution >= 4 is 17.8 Å². The fourth-order valence-electron chi connectivity index (χ4n) is 2.36. The molecule has 0 aliphatic carbocycles. The lowest BCUT2D eigenvalue weighted by atomic mass is 10.1. The summed E-state index contributed by atoms with van der Waals surface area (Å²) in [4.78, 5) is 22.4. The Labute approximate surface area is 160 Å². The van der Waals surface area contributed by atoms with E-state index in [1.54, 1.807) is 18.2 Å². The average Bonchev–Trinajstić information content (AvgIpc) is 2.68. The Morgan fingerprint density at radius 1 is 1.14 bits per heavy atom.